The number of aromatic nitrogens is 5. The Morgan fingerprint density at radius 2 is 1.54 bits per heavy atom. The van der Waals surface area contributed by atoms with Gasteiger partial charge in [0.15, 0.2) is 5.82 Å². The maximum absolute atomic E-state index is 12.6. The van der Waals surface area contributed by atoms with Crippen LogP contribution in [0.1, 0.15) is 36.0 Å². The van der Waals surface area contributed by atoms with Gasteiger partial charge >= 0.3 is 0 Å². The standard InChI is InChI=1S/C25H29N9O3/c35-23(17-3-5-20(6-4-17)32-25(37)18-1-2-18)27-9-10-28-24(36)19-7-11-33(12-8-19)21-13-22(30-15-29-21)34-16-26-14-31-34/h3-6,13-16,18-19H,1-2,7-12H2,(H,27,35)(H,28,36)(H,32,37). The van der Waals surface area contributed by atoms with Crippen molar-refractivity contribution in [3.63, 3.8) is 0 Å². The molecule has 3 aromatic rings. The van der Waals surface area contributed by atoms with Crippen LogP contribution in [0.2, 0.25) is 0 Å². The molecule has 12 nitrogen and oxygen atoms in total. The van der Waals surface area contributed by atoms with Gasteiger partial charge in [0.1, 0.15) is 24.8 Å². The fourth-order valence-electron chi connectivity index (χ4n) is 4.24. The smallest absolute Gasteiger partial charge is 0.251 e. The second-order valence-electron chi connectivity index (χ2n) is 9.22. The third-order valence-corrected chi connectivity index (χ3v) is 6.55. The summed E-state index contributed by atoms with van der Waals surface area (Å²) in [5.74, 6) is 1.28. The van der Waals surface area contributed by atoms with Crippen molar-refractivity contribution in [3.8, 4) is 5.82 Å². The van der Waals surface area contributed by atoms with E-state index in [2.05, 4.69) is 40.9 Å². The molecule has 5 rings (SSSR count). The Balaban J connectivity index is 1.01. The zero-order valence-corrected chi connectivity index (χ0v) is 20.3. The molecular weight excluding hydrogens is 474 g/mol. The summed E-state index contributed by atoms with van der Waals surface area (Å²) in [4.78, 5) is 51.5. The van der Waals surface area contributed by atoms with Crippen molar-refractivity contribution in [2.45, 2.75) is 25.7 Å². The van der Waals surface area contributed by atoms with E-state index >= 15 is 0 Å². The van der Waals surface area contributed by atoms with Crippen molar-refractivity contribution in [3.05, 3.63) is 54.9 Å². The SMILES string of the molecule is O=C(NCCNC(=O)C1CCN(c2cc(-n3cncn3)ncn2)CC1)c1ccc(NC(=O)C2CC2)cc1. The lowest BCUT2D eigenvalue weighted by atomic mass is 9.96. The first-order valence-corrected chi connectivity index (χ1v) is 12.5. The first-order chi connectivity index (χ1) is 18.1. The van der Waals surface area contributed by atoms with Gasteiger partial charge in [0.05, 0.1) is 0 Å². The number of hydrogen-bond acceptors (Lipinski definition) is 8. The van der Waals surface area contributed by atoms with Gasteiger partial charge in [-0.15, -0.1) is 0 Å². The van der Waals surface area contributed by atoms with Crippen LogP contribution in [-0.4, -0.2) is 68.6 Å². The number of piperidine rings is 1. The first kappa shape index (κ1) is 24.3. The molecule has 192 valence electrons. The van der Waals surface area contributed by atoms with Gasteiger partial charge in [0, 0.05) is 55.3 Å². The molecule has 0 unspecified atom stereocenters. The van der Waals surface area contributed by atoms with Gasteiger partial charge in [-0.2, -0.15) is 5.10 Å². The lowest BCUT2D eigenvalue weighted by Crippen LogP contribution is -2.42. The van der Waals surface area contributed by atoms with Crippen molar-refractivity contribution >= 4 is 29.2 Å². The highest BCUT2D eigenvalue weighted by atomic mass is 16.2. The summed E-state index contributed by atoms with van der Waals surface area (Å²) in [7, 11) is 0. The van der Waals surface area contributed by atoms with Crippen LogP contribution in [0, 0.1) is 11.8 Å². The summed E-state index contributed by atoms with van der Waals surface area (Å²) in [5, 5.41) is 12.7. The van der Waals surface area contributed by atoms with E-state index < -0.39 is 0 Å². The zero-order valence-electron chi connectivity index (χ0n) is 20.3. The monoisotopic (exact) mass is 503 g/mol. The predicted molar refractivity (Wildman–Crippen MR) is 135 cm³/mol. The molecule has 0 atom stereocenters. The average Bonchev–Trinajstić information content (AvgIpc) is 3.65. The Morgan fingerprint density at radius 1 is 0.838 bits per heavy atom. The third kappa shape index (κ3) is 6.26. The molecule has 3 N–H and O–H groups in total. The van der Waals surface area contributed by atoms with Crippen LogP contribution >= 0.6 is 0 Å². The quantitative estimate of drug-likeness (QED) is 0.369. The van der Waals surface area contributed by atoms with Gasteiger partial charge < -0.3 is 20.9 Å². The van der Waals surface area contributed by atoms with Crippen molar-refractivity contribution in [2.75, 3.05) is 36.4 Å². The minimum absolute atomic E-state index is 0.00403. The highest BCUT2D eigenvalue weighted by Crippen LogP contribution is 2.30. The topological polar surface area (TPSA) is 147 Å². The molecule has 0 radical (unpaired) electrons. The van der Waals surface area contributed by atoms with Crippen LogP contribution in [0.25, 0.3) is 5.82 Å². The second kappa shape index (κ2) is 11.1. The highest BCUT2D eigenvalue weighted by molar-refractivity contribution is 5.96. The van der Waals surface area contributed by atoms with Crippen LogP contribution in [-0.2, 0) is 9.59 Å². The van der Waals surface area contributed by atoms with E-state index in [1.807, 2.05) is 6.07 Å². The number of nitrogens with zero attached hydrogens (tertiary/aromatic N) is 6. The zero-order chi connectivity index (χ0) is 25.6. The van der Waals surface area contributed by atoms with Crippen LogP contribution < -0.4 is 20.9 Å². The van der Waals surface area contributed by atoms with E-state index in [4.69, 9.17) is 0 Å². The number of rotatable bonds is 9. The van der Waals surface area contributed by atoms with E-state index in [-0.39, 0.29) is 29.6 Å². The molecule has 0 bridgehead atoms. The first-order valence-electron chi connectivity index (χ1n) is 12.5. The number of carbonyl (C=O) groups is 3. The van der Waals surface area contributed by atoms with Crippen LogP contribution in [0.3, 0.4) is 0 Å². The molecule has 1 saturated carbocycles. The molecule has 0 spiro atoms. The molecule has 2 fully saturated rings. The van der Waals surface area contributed by atoms with E-state index in [0.29, 0.717) is 56.1 Å². The number of hydrogen-bond donors (Lipinski definition) is 3. The fourth-order valence-corrected chi connectivity index (χ4v) is 4.24. The van der Waals surface area contributed by atoms with Crippen LogP contribution in [0.5, 0.6) is 0 Å². The molecule has 2 aromatic heterocycles. The van der Waals surface area contributed by atoms with E-state index in [1.165, 1.54) is 12.7 Å². The molecule has 37 heavy (non-hydrogen) atoms. The number of nitrogens with one attached hydrogen (secondary N) is 3. The van der Waals surface area contributed by atoms with Gasteiger partial charge in [-0.05, 0) is 49.9 Å². The molecule has 1 aromatic carbocycles. The maximum atomic E-state index is 12.6. The second-order valence-corrected chi connectivity index (χ2v) is 9.22. The van der Waals surface area contributed by atoms with Crippen molar-refractivity contribution < 1.29 is 14.4 Å². The average molecular weight is 504 g/mol. The fraction of sp³-hybridized carbons (Fsp3) is 0.400. The lowest BCUT2D eigenvalue weighted by molar-refractivity contribution is -0.125. The van der Waals surface area contributed by atoms with Crippen molar-refractivity contribution in [1.29, 1.82) is 0 Å². The number of carbonyl (C=O) groups excluding carboxylic acids is 3. The van der Waals surface area contributed by atoms with Crippen LogP contribution in [0.15, 0.2) is 49.3 Å². The van der Waals surface area contributed by atoms with Gasteiger partial charge in [0.25, 0.3) is 5.91 Å². The van der Waals surface area contributed by atoms with Crippen molar-refractivity contribution in [2.24, 2.45) is 11.8 Å². The van der Waals surface area contributed by atoms with E-state index in [1.54, 1.807) is 35.3 Å². The Hall–Kier alpha value is -4.35. The summed E-state index contributed by atoms with van der Waals surface area (Å²) in [6, 6.07) is 8.66. The molecule has 3 amide bonds. The minimum atomic E-state index is -0.224. The normalized spacial score (nSPS) is 15.7. The summed E-state index contributed by atoms with van der Waals surface area (Å²) >= 11 is 0. The number of anilines is 2. The van der Waals surface area contributed by atoms with Gasteiger partial charge in [0.2, 0.25) is 11.8 Å². The third-order valence-electron chi connectivity index (χ3n) is 6.55. The minimum Gasteiger partial charge on any atom is -0.356 e. The largest absolute Gasteiger partial charge is 0.356 e. The van der Waals surface area contributed by atoms with E-state index in [0.717, 1.165) is 18.7 Å². The molecule has 3 heterocycles. The Bertz CT molecular complexity index is 1230. The summed E-state index contributed by atoms with van der Waals surface area (Å²) in [6.45, 7) is 2.10. The Kier molecular flexibility index (Phi) is 7.33. The summed E-state index contributed by atoms with van der Waals surface area (Å²) < 4.78 is 1.58. The summed E-state index contributed by atoms with van der Waals surface area (Å²) in [6.07, 6.45) is 7.84. The Morgan fingerprint density at radius 3 is 2.24 bits per heavy atom. The molecule has 2 aliphatic rings. The van der Waals surface area contributed by atoms with Crippen LogP contribution in [0.4, 0.5) is 11.5 Å². The molecule has 12 heteroatoms. The summed E-state index contributed by atoms with van der Waals surface area (Å²) in [5.41, 5.74) is 1.18. The Labute approximate surface area is 213 Å². The predicted octanol–water partition coefficient (Wildman–Crippen LogP) is 1.17. The molecule has 1 saturated heterocycles. The molecule has 1 aliphatic heterocycles. The van der Waals surface area contributed by atoms with Gasteiger partial charge in [-0.3, -0.25) is 14.4 Å². The maximum Gasteiger partial charge on any atom is 0.251 e. The van der Waals surface area contributed by atoms with E-state index in [9.17, 15) is 14.4 Å². The van der Waals surface area contributed by atoms with Gasteiger partial charge in [-0.1, -0.05) is 0 Å². The van der Waals surface area contributed by atoms with Crippen molar-refractivity contribution in [1.82, 2.24) is 35.4 Å². The highest BCUT2D eigenvalue weighted by Gasteiger charge is 2.29. The molecule has 1 aliphatic carbocycles. The lowest BCUT2D eigenvalue weighted by Gasteiger charge is -2.32. The number of amides is 3. The number of benzene rings is 1. The van der Waals surface area contributed by atoms with Gasteiger partial charge in [-0.25, -0.2) is 19.6 Å². The molecular formula is C25H29N9O3.